The summed E-state index contributed by atoms with van der Waals surface area (Å²) in [4.78, 5) is 9.41. The van der Waals surface area contributed by atoms with Crippen molar-refractivity contribution in [3.63, 3.8) is 0 Å². The molecule has 0 atom stereocenters. The Morgan fingerprint density at radius 1 is 1.19 bits per heavy atom. The Bertz CT molecular complexity index is 494. The zero-order valence-corrected chi connectivity index (χ0v) is 12.8. The zero-order chi connectivity index (χ0) is 14.9. The van der Waals surface area contributed by atoms with Gasteiger partial charge in [0.1, 0.15) is 11.6 Å². The van der Waals surface area contributed by atoms with E-state index in [0.29, 0.717) is 0 Å². The van der Waals surface area contributed by atoms with Gasteiger partial charge in [-0.25, -0.2) is 4.98 Å². The normalized spacial score (nSPS) is 11.0. The SMILES string of the molecule is CN(C)CCCOc1ccc(CNCc2ncc[nH]2)cc1. The summed E-state index contributed by atoms with van der Waals surface area (Å²) in [7, 11) is 4.15. The standard InChI is InChI=1S/C16H24N4O/c1-20(2)10-3-11-21-15-6-4-14(5-7-15)12-17-13-16-18-8-9-19-16/h4-9,17H,3,10-13H2,1-2H3,(H,18,19). The summed E-state index contributed by atoms with van der Waals surface area (Å²) in [6, 6.07) is 8.24. The van der Waals surface area contributed by atoms with Crippen LogP contribution in [0.3, 0.4) is 0 Å². The second-order valence-corrected chi connectivity index (χ2v) is 5.29. The van der Waals surface area contributed by atoms with Gasteiger partial charge in [0.15, 0.2) is 0 Å². The minimum absolute atomic E-state index is 0.746. The lowest BCUT2D eigenvalue weighted by atomic mass is 10.2. The number of aromatic amines is 1. The van der Waals surface area contributed by atoms with Gasteiger partial charge in [-0.1, -0.05) is 12.1 Å². The van der Waals surface area contributed by atoms with Crippen molar-refractivity contribution in [3.05, 3.63) is 48.0 Å². The van der Waals surface area contributed by atoms with E-state index in [4.69, 9.17) is 4.74 Å². The molecular weight excluding hydrogens is 264 g/mol. The van der Waals surface area contributed by atoms with Gasteiger partial charge in [-0.05, 0) is 38.2 Å². The maximum absolute atomic E-state index is 5.71. The molecule has 0 aliphatic rings. The number of benzene rings is 1. The fourth-order valence-electron chi connectivity index (χ4n) is 1.99. The zero-order valence-electron chi connectivity index (χ0n) is 12.8. The number of rotatable bonds is 9. The number of nitrogens with one attached hydrogen (secondary N) is 2. The van der Waals surface area contributed by atoms with Crippen molar-refractivity contribution >= 4 is 0 Å². The largest absolute Gasteiger partial charge is 0.494 e. The Morgan fingerprint density at radius 2 is 2.00 bits per heavy atom. The highest BCUT2D eigenvalue weighted by Crippen LogP contribution is 2.12. The molecule has 0 saturated heterocycles. The van der Waals surface area contributed by atoms with Crippen LogP contribution in [0.4, 0.5) is 0 Å². The van der Waals surface area contributed by atoms with E-state index in [1.165, 1.54) is 5.56 Å². The molecule has 21 heavy (non-hydrogen) atoms. The van der Waals surface area contributed by atoms with E-state index in [1.807, 2.05) is 18.3 Å². The van der Waals surface area contributed by atoms with Crippen LogP contribution in [0, 0.1) is 0 Å². The van der Waals surface area contributed by atoms with Crippen molar-refractivity contribution in [2.24, 2.45) is 0 Å². The van der Waals surface area contributed by atoms with Crippen LogP contribution in [0.15, 0.2) is 36.7 Å². The Balaban J connectivity index is 1.66. The average Bonchev–Trinajstić information content (AvgIpc) is 2.98. The van der Waals surface area contributed by atoms with Crippen molar-refractivity contribution in [2.75, 3.05) is 27.2 Å². The average molecular weight is 288 g/mol. The summed E-state index contributed by atoms with van der Waals surface area (Å²) < 4.78 is 5.71. The molecule has 5 nitrogen and oxygen atoms in total. The molecule has 0 aliphatic carbocycles. The van der Waals surface area contributed by atoms with E-state index in [2.05, 4.69) is 46.4 Å². The molecule has 2 aromatic rings. The number of ether oxygens (including phenoxy) is 1. The van der Waals surface area contributed by atoms with Crippen LogP contribution in [0.1, 0.15) is 17.8 Å². The van der Waals surface area contributed by atoms with Crippen LogP contribution in [0.25, 0.3) is 0 Å². The van der Waals surface area contributed by atoms with Gasteiger partial charge in [-0.2, -0.15) is 0 Å². The summed E-state index contributed by atoms with van der Waals surface area (Å²) in [5, 5.41) is 3.35. The summed E-state index contributed by atoms with van der Waals surface area (Å²) in [5.41, 5.74) is 1.24. The molecule has 1 aromatic heterocycles. The fraction of sp³-hybridized carbons (Fsp3) is 0.438. The maximum Gasteiger partial charge on any atom is 0.120 e. The predicted molar refractivity (Wildman–Crippen MR) is 84.2 cm³/mol. The molecule has 0 unspecified atom stereocenters. The van der Waals surface area contributed by atoms with Crippen molar-refractivity contribution in [1.82, 2.24) is 20.2 Å². The predicted octanol–water partition coefficient (Wildman–Crippen LogP) is 2.03. The lowest BCUT2D eigenvalue weighted by Gasteiger charge is -2.10. The minimum atomic E-state index is 0.746. The molecule has 0 amide bonds. The van der Waals surface area contributed by atoms with Gasteiger partial charge in [-0.3, -0.25) is 0 Å². The lowest BCUT2D eigenvalue weighted by Crippen LogP contribution is -2.15. The van der Waals surface area contributed by atoms with Gasteiger partial charge in [0.25, 0.3) is 0 Å². The van der Waals surface area contributed by atoms with E-state index in [9.17, 15) is 0 Å². The van der Waals surface area contributed by atoms with E-state index in [0.717, 1.165) is 44.2 Å². The highest BCUT2D eigenvalue weighted by Gasteiger charge is 1.98. The van der Waals surface area contributed by atoms with E-state index in [1.54, 1.807) is 6.20 Å². The summed E-state index contributed by atoms with van der Waals surface area (Å²) in [6.07, 6.45) is 4.64. The molecule has 2 rings (SSSR count). The third-order valence-corrected chi connectivity index (χ3v) is 3.12. The Morgan fingerprint density at radius 3 is 2.67 bits per heavy atom. The molecule has 1 heterocycles. The molecule has 0 radical (unpaired) electrons. The first kappa shape index (κ1) is 15.5. The van der Waals surface area contributed by atoms with Crippen LogP contribution < -0.4 is 10.1 Å². The van der Waals surface area contributed by atoms with E-state index in [-0.39, 0.29) is 0 Å². The summed E-state index contributed by atoms with van der Waals surface area (Å²) in [5.74, 6) is 1.89. The molecule has 0 bridgehead atoms. The van der Waals surface area contributed by atoms with Gasteiger partial charge < -0.3 is 19.9 Å². The second kappa shape index (κ2) is 8.44. The molecule has 0 spiro atoms. The number of H-pyrrole nitrogens is 1. The van der Waals surface area contributed by atoms with E-state index >= 15 is 0 Å². The third-order valence-electron chi connectivity index (χ3n) is 3.12. The van der Waals surface area contributed by atoms with Gasteiger partial charge >= 0.3 is 0 Å². The molecule has 0 saturated carbocycles. The molecular formula is C16H24N4O. The van der Waals surface area contributed by atoms with Gasteiger partial charge in [0, 0.05) is 25.5 Å². The Kier molecular flexibility index (Phi) is 6.24. The highest BCUT2D eigenvalue weighted by atomic mass is 16.5. The first-order valence-electron chi connectivity index (χ1n) is 7.29. The Hall–Kier alpha value is -1.85. The van der Waals surface area contributed by atoms with Crippen molar-refractivity contribution < 1.29 is 4.74 Å². The fourth-order valence-corrected chi connectivity index (χ4v) is 1.99. The molecule has 0 fully saturated rings. The minimum Gasteiger partial charge on any atom is -0.494 e. The quantitative estimate of drug-likeness (QED) is 0.693. The molecule has 1 aromatic carbocycles. The second-order valence-electron chi connectivity index (χ2n) is 5.29. The molecule has 0 aliphatic heterocycles. The van der Waals surface area contributed by atoms with Crippen LogP contribution >= 0.6 is 0 Å². The summed E-state index contributed by atoms with van der Waals surface area (Å²) in [6.45, 7) is 3.38. The van der Waals surface area contributed by atoms with Crippen LogP contribution in [-0.4, -0.2) is 42.1 Å². The van der Waals surface area contributed by atoms with Crippen molar-refractivity contribution in [2.45, 2.75) is 19.5 Å². The van der Waals surface area contributed by atoms with Gasteiger partial charge in [0.2, 0.25) is 0 Å². The van der Waals surface area contributed by atoms with Gasteiger partial charge in [-0.15, -0.1) is 0 Å². The van der Waals surface area contributed by atoms with E-state index < -0.39 is 0 Å². The molecule has 2 N–H and O–H groups in total. The van der Waals surface area contributed by atoms with Gasteiger partial charge in [0.05, 0.1) is 13.2 Å². The Labute approximate surface area is 126 Å². The first-order chi connectivity index (χ1) is 10.2. The van der Waals surface area contributed by atoms with Crippen molar-refractivity contribution in [3.8, 4) is 5.75 Å². The number of aromatic nitrogens is 2. The molecule has 114 valence electrons. The topological polar surface area (TPSA) is 53.2 Å². The molecule has 5 heteroatoms. The summed E-state index contributed by atoms with van der Waals surface area (Å²) >= 11 is 0. The number of hydrogen-bond donors (Lipinski definition) is 2. The lowest BCUT2D eigenvalue weighted by molar-refractivity contribution is 0.281. The number of nitrogens with zero attached hydrogens (tertiary/aromatic N) is 2. The smallest absolute Gasteiger partial charge is 0.120 e. The highest BCUT2D eigenvalue weighted by molar-refractivity contribution is 5.27. The first-order valence-corrected chi connectivity index (χ1v) is 7.29. The maximum atomic E-state index is 5.71. The monoisotopic (exact) mass is 288 g/mol. The van der Waals surface area contributed by atoms with Crippen molar-refractivity contribution in [1.29, 1.82) is 0 Å². The number of imidazole rings is 1. The number of hydrogen-bond acceptors (Lipinski definition) is 4. The van der Waals surface area contributed by atoms with Crippen LogP contribution in [-0.2, 0) is 13.1 Å². The third kappa shape index (κ3) is 5.97. The van der Waals surface area contributed by atoms with Crippen LogP contribution in [0.5, 0.6) is 5.75 Å². The van der Waals surface area contributed by atoms with Crippen LogP contribution in [0.2, 0.25) is 0 Å².